The van der Waals surface area contributed by atoms with Gasteiger partial charge < -0.3 is 5.11 Å². The van der Waals surface area contributed by atoms with Gasteiger partial charge in [0.1, 0.15) is 0 Å². The predicted molar refractivity (Wildman–Crippen MR) is 121 cm³/mol. The predicted octanol–water partition coefficient (Wildman–Crippen LogP) is 7.16. The van der Waals surface area contributed by atoms with Crippen molar-refractivity contribution in [1.82, 2.24) is 0 Å². The summed E-state index contributed by atoms with van der Waals surface area (Å²) in [6.07, 6.45) is 16.6. The SMILES string of the molecule is CC(C)CC1CC1C(C)C1CCC2C3=CC=C4CC(O)CCC4(C)C3CCC21C. The van der Waals surface area contributed by atoms with Gasteiger partial charge in [-0.3, -0.25) is 0 Å². The summed E-state index contributed by atoms with van der Waals surface area (Å²) in [5, 5.41) is 10.2. The Morgan fingerprint density at radius 2 is 1.79 bits per heavy atom. The minimum Gasteiger partial charge on any atom is -0.393 e. The fourth-order valence-electron chi connectivity index (χ4n) is 8.98. The van der Waals surface area contributed by atoms with Gasteiger partial charge in [-0.1, -0.05) is 57.9 Å². The third-order valence-corrected chi connectivity index (χ3v) is 10.7. The van der Waals surface area contributed by atoms with Gasteiger partial charge >= 0.3 is 0 Å². The Labute approximate surface area is 179 Å². The molecule has 1 heteroatoms. The first-order valence-corrected chi connectivity index (χ1v) is 12.8. The molecule has 1 N–H and O–H groups in total. The summed E-state index contributed by atoms with van der Waals surface area (Å²) in [6, 6.07) is 0. The molecule has 9 atom stereocenters. The second-order valence-electron chi connectivity index (χ2n) is 12.7. The fourth-order valence-corrected chi connectivity index (χ4v) is 8.98. The molecule has 4 saturated carbocycles. The van der Waals surface area contributed by atoms with Crippen molar-refractivity contribution in [2.24, 2.45) is 52.3 Å². The molecule has 1 nitrogen and oxygen atoms in total. The Morgan fingerprint density at radius 1 is 1.00 bits per heavy atom. The van der Waals surface area contributed by atoms with E-state index in [1.165, 1.54) is 44.9 Å². The van der Waals surface area contributed by atoms with E-state index in [4.69, 9.17) is 0 Å². The van der Waals surface area contributed by atoms with Crippen molar-refractivity contribution >= 4 is 0 Å². The summed E-state index contributed by atoms with van der Waals surface area (Å²) in [5.41, 5.74) is 4.21. The minimum atomic E-state index is -0.104. The highest BCUT2D eigenvalue weighted by atomic mass is 16.3. The Balaban J connectivity index is 1.37. The van der Waals surface area contributed by atoms with Crippen LogP contribution in [0.2, 0.25) is 0 Å². The van der Waals surface area contributed by atoms with Crippen LogP contribution in [0.25, 0.3) is 0 Å². The van der Waals surface area contributed by atoms with Crippen molar-refractivity contribution in [3.05, 3.63) is 23.3 Å². The Hall–Kier alpha value is -0.560. The van der Waals surface area contributed by atoms with Crippen LogP contribution in [0, 0.1) is 52.3 Å². The monoisotopic (exact) mass is 396 g/mol. The molecule has 29 heavy (non-hydrogen) atoms. The third kappa shape index (κ3) is 3.12. The topological polar surface area (TPSA) is 20.2 Å². The van der Waals surface area contributed by atoms with Crippen LogP contribution >= 0.6 is 0 Å². The molecule has 0 amide bonds. The molecule has 4 fully saturated rings. The number of rotatable bonds is 4. The Kier molecular flexibility index (Phi) is 4.89. The lowest BCUT2D eigenvalue weighted by molar-refractivity contribution is 0.0300. The van der Waals surface area contributed by atoms with E-state index < -0.39 is 0 Å². The van der Waals surface area contributed by atoms with Gasteiger partial charge in [0, 0.05) is 0 Å². The van der Waals surface area contributed by atoms with Gasteiger partial charge in [0.2, 0.25) is 0 Å². The van der Waals surface area contributed by atoms with Crippen LogP contribution in [-0.4, -0.2) is 11.2 Å². The summed E-state index contributed by atoms with van der Waals surface area (Å²) in [5.74, 6) is 6.32. The zero-order valence-corrected chi connectivity index (χ0v) is 19.6. The van der Waals surface area contributed by atoms with Crippen molar-refractivity contribution < 1.29 is 5.11 Å². The van der Waals surface area contributed by atoms with Gasteiger partial charge in [0.25, 0.3) is 0 Å². The maximum Gasteiger partial charge on any atom is 0.0578 e. The highest BCUT2D eigenvalue weighted by Crippen LogP contribution is 2.67. The molecule has 0 spiro atoms. The molecule has 0 radical (unpaired) electrons. The zero-order chi connectivity index (χ0) is 20.6. The number of fused-ring (bicyclic) bond motifs is 5. The largest absolute Gasteiger partial charge is 0.393 e. The second-order valence-corrected chi connectivity index (χ2v) is 12.7. The van der Waals surface area contributed by atoms with E-state index in [1.54, 1.807) is 5.57 Å². The zero-order valence-electron chi connectivity index (χ0n) is 19.6. The van der Waals surface area contributed by atoms with Gasteiger partial charge in [-0.15, -0.1) is 0 Å². The van der Waals surface area contributed by atoms with Crippen molar-refractivity contribution in [3.63, 3.8) is 0 Å². The molecule has 0 aromatic rings. The Morgan fingerprint density at radius 3 is 2.55 bits per heavy atom. The summed E-state index contributed by atoms with van der Waals surface area (Å²) >= 11 is 0. The Bertz CT molecular complexity index is 716. The maximum atomic E-state index is 10.2. The van der Waals surface area contributed by atoms with Crippen LogP contribution in [0.4, 0.5) is 0 Å². The molecule has 5 aliphatic carbocycles. The molecule has 5 rings (SSSR count). The van der Waals surface area contributed by atoms with Crippen LogP contribution in [0.5, 0.6) is 0 Å². The molecule has 5 aliphatic rings. The summed E-state index contributed by atoms with van der Waals surface area (Å²) in [4.78, 5) is 0. The van der Waals surface area contributed by atoms with Crippen LogP contribution in [0.15, 0.2) is 23.3 Å². The minimum absolute atomic E-state index is 0.104. The number of allylic oxidation sites excluding steroid dienone is 3. The summed E-state index contributed by atoms with van der Waals surface area (Å²) < 4.78 is 0. The third-order valence-electron chi connectivity index (χ3n) is 10.7. The molecular weight excluding hydrogens is 352 g/mol. The lowest BCUT2D eigenvalue weighted by Gasteiger charge is -2.55. The quantitative estimate of drug-likeness (QED) is 0.534. The maximum absolute atomic E-state index is 10.2. The summed E-state index contributed by atoms with van der Waals surface area (Å²) in [7, 11) is 0. The first kappa shape index (κ1) is 20.3. The van der Waals surface area contributed by atoms with Gasteiger partial charge in [0.05, 0.1) is 6.10 Å². The highest BCUT2D eigenvalue weighted by molar-refractivity contribution is 5.38. The molecule has 0 saturated heterocycles. The number of hydrogen-bond donors (Lipinski definition) is 1. The standard InChI is InChI=1S/C28H44O/c1-17(2)14-19-15-23(19)18(3)24-8-9-25-22-7-6-20-16-21(29)10-12-27(20,4)26(22)11-13-28(24,25)5/h6-7,17-19,21,23-26,29H,8-16H2,1-5H3. The number of aliphatic hydroxyl groups is 1. The van der Waals surface area contributed by atoms with E-state index in [9.17, 15) is 5.11 Å². The van der Waals surface area contributed by atoms with Crippen LogP contribution in [0.3, 0.4) is 0 Å². The average molecular weight is 397 g/mol. The van der Waals surface area contributed by atoms with Crippen molar-refractivity contribution in [2.75, 3.05) is 0 Å². The second kappa shape index (κ2) is 6.98. The highest BCUT2D eigenvalue weighted by Gasteiger charge is 2.58. The smallest absolute Gasteiger partial charge is 0.0578 e. The molecule has 0 bridgehead atoms. The first-order valence-electron chi connectivity index (χ1n) is 12.8. The van der Waals surface area contributed by atoms with E-state index in [2.05, 4.69) is 46.8 Å². The van der Waals surface area contributed by atoms with E-state index in [-0.39, 0.29) is 6.10 Å². The molecule has 162 valence electrons. The molecular formula is C28H44O. The summed E-state index contributed by atoms with van der Waals surface area (Å²) in [6.45, 7) is 12.6. The van der Waals surface area contributed by atoms with Gasteiger partial charge in [-0.2, -0.15) is 0 Å². The van der Waals surface area contributed by atoms with E-state index >= 15 is 0 Å². The lowest BCUT2D eigenvalue weighted by atomic mass is 9.50. The fraction of sp³-hybridized carbons (Fsp3) is 0.857. The molecule has 0 heterocycles. The first-order chi connectivity index (χ1) is 13.7. The van der Waals surface area contributed by atoms with Gasteiger partial charge in [-0.25, -0.2) is 0 Å². The molecule has 9 unspecified atom stereocenters. The normalized spacial score (nSPS) is 49.6. The number of hydrogen-bond acceptors (Lipinski definition) is 1. The molecule has 0 aromatic heterocycles. The van der Waals surface area contributed by atoms with Gasteiger partial charge in [-0.05, 0) is 110 Å². The van der Waals surface area contributed by atoms with Crippen LogP contribution in [-0.2, 0) is 0 Å². The van der Waals surface area contributed by atoms with Crippen LogP contribution < -0.4 is 0 Å². The van der Waals surface area contributed by atoms with Gasteiger partial charge in [0.15, 0.2) is 0 Å². The van der Waals surface area contributed by atoms with Crippen LogP contribution in [0.1, 0.15) is 92.4 Å². The van der Waals surface area contributed by atoms with Crippen molar-refractivity contribution in [1.29, 1.82) is 0 Å². The van der Waals surface area contributed by atoms with E-state index in [1.807, 2.05) is 5.57 Å². The number of aliphatic hydroxyl groups excluding tert-OH is 1. The molecule has 0 aliphatic heterocycles. The average Bonchev–Trinajstić information content (AvgIpc) is 3.32. The van der Waals surface area contributed by atoms with E-state index in [0.29, 0.717) is 10.8 Å². The van der Waals surface area contributed by atoms with Crippen molar-refractivity contribution in [3.8, 4) is 0 Å². The lowest BCUT2D eigenvalue weighted by Crippen LogP contribution is -2.46. The molecule has 0 aromatic carbocycles. The van der Waals surface area contributed by atoms with Crippen molar-refractivity contribution in [2.45, 2.75) is 98.5 Å². The van der Waals surface area contributed by atoms with E-state index in [0.717, 1.165) is 54.3 Å².